The summed E-state index contributed by atoms with van der Waals surface area (Å²) in [5.41, 5.74) is 4.92. The summed E-state index contributed by atoms with van der Waals surface area (Å²) in [7, 11) is 1.37. The van der Waals surface area contributed by atoms with Gasteiger partial charge in [0.25, 0.3) is 5.91 Å². The Morgan fingerprint density at radius 2 is 1.84 bits per heavy atom. The van der Waals surface area contributed by atoms with Crippen LogP contribution in [0.5, 0.6) is 11.5 Å². The van der Waals surface area contributed by atoms with Gasteiger partial charge in [-0.05, 0) is 29.2 Å². The third-order valence-corrected chi connectivity index (χ3v) is 6.34. The van der Waals surface area contributed by atoms with E-state index in [1.54, 1.807) is 6.20 Å². The zero-order valence-electron chi connectivity index (χ0n) is 24.0. The molecule has 1 aromatic heterocycles. The maximum Gasteiger partial charge on any atom is 0.407 e. The van der Waals surface area contributed by atoms with Gasteiger partial charge in [-0.25, -0.2) is 10.2 Å². The molecule has 0 saturated carbocycles. The largest absolute Gasteiger partial charge is 0.493 e. The van der Waals surface area contributed by atoms with Gasteiger partial charge in [-0.1, -0.05) is 62.4 Å². The number of carbonyl (C=O) groups excluding carboxylic acids is 2. The molecule has 43 heavy (non-hydrogen) atoms. The summed E-state index contributed by atoms with van der Waals surface area (Å²) < 4.78 is 16.3. The van der Waals surface area contributed by atoms with Gasteiger partial charge in [0.05, 0.1) is 24.9 Å². The van der Waals surface area contributed by atoms with Gasteiger partial charge in [0.1, 0.15) is 12.6 Å². The molecule has 0 spiro atoms. The lowest BCUT2D eigenvalue weighted by molar-refractivity contribution is -0.386. The van der Waals surface area contributed by atoms with Crippen LogP contribution in [0.15, 0.2) is 78.0 Å². The zero-order chi connectivity index (χ0) is 30.8. The van der Waals surface area contributed by atoms with E-state index in [9.17, 15) is 19.7 Å². The number of rotatable bonds is 13. The van der Waals surface area contributed by atoms with Crippen molar-refractivity contribution in [1.29, 1.82) is 0 Å². The number of nitro groups is 1. The summed E-state index contributed by atoms with van der Waals surface area (Å²) in [4.78, 5) is 40.1. The summed E-state index contributed by atoms with van der Waals surface area (Å²) in [6.45, 7) is 4.10. The SMILES string of the molecule is COc1cc(C=NNC(=O)C(Cc2c[nH]c3ccccc23)NC(=O)OCC(C)C)cc([N+](=O)[O-])c1OCc1ccccc1. The number of hydrazone groups is 1. The maximum absolute atomic E-state index is 13.2. The van der Waals surface area contributed by atoms with Crippen molar-refractivity contribution in [3.8, 4) is 11.5 Å². The van der Waals surface area contributed by atoms with Crippen LogP contribution in [0.1, 0.15) is 30.5 Å². The second kappa shape index (κ2) is 14.5. The van der Waals surface area contributed by atoms with E-state index in [0.29, 0.717) is 0 Å². The minimum Gasteiger partial charge on any atom is -0.493 e. The Balaban J connectivity index is 1.51. The van der Waals surface area contributed by atoms with E-state index >= 15 is 0 Å². The molecule has 0 bridgehead atoms. The van der Waals surface area contributed by atoms with E-state index in [2.05, 4.69) is 20.8 Å². The fraction of sp³-hybridized carbons (Fsp3) is 0.258. The molecule has 12 heteroatoms. The Morgan fingerprint density at radius 1 is 1.09 bits per heavy atom. The van der Waals surface area contributed by atoms with Crippen molar-refractivity contribution in [1.82, 2.24) is 15.7 Å². The molecule has 3 aromatic carbocycles. The molecular weight excluding hydrogens is 554 g/mol. The number of para-hydroxylation sites is 1. The number of fused-ring (bicyclic) bond motifs is 1. The first kappa shape index (κ1) is 30.6. The zero-order valence-corrected chi connectivity index (χ0v) is 24.0. The number of carbonyl (C=O) groups is 2. The number of alkyl carbamates (subject to hydrolysis) is 1. The molecule has 0 aliphatic carbocycles. The van der Waals surface area contributed by atoms with E-state index in [0.717, 1.165) is 22.0 Å². The number of methoxy groups -OCH3 is 1. The fourth-order valence-electron chi connectivity index (χ4n) is 4.25. The van der Waals surface area contributed by atoms with Gasteiger partial charge in [0.2, 0.25) is 5.75 Å². The molecule has 224 valence electrons. The van der Waals surface area contributed by atoms with E-state index < -0.39 is 23.0 Å². The number of H-pyrrole nitrogens is 1. The Labute approximate surface area is 248 Å². The molecule has 4 aromatic rings. The van der Waals surface area contributed by atoms with Gasteiger partial charge in [-0.3, -0.25) is 14.9 Å². The number of hydrogen-bond acceptors (Lipinski definition) is 8. The van der Waals surface area contributed by atoms with Crippen LogP contribution in [0.3, 0.4) is 0 Å². The summed E-state index contributed by atoms with van der Waals surface area (Å²) >= 11 is 0. The van der Waals surface area contributed by atoms with Crippen LogP contribution >= 0.6 is 0 Å². The molecule has 1 heterocycles. The average molecular weight is 588 g/mol. The van der Waals surface area contributed by atoms with Gasteiger partial charge in [-0.2, -0.15) is 5.10 Å². The monoisotopic (exact) mass is 587 g/mol. The van der Waals surface area contributed by atoms with Crippen LogP contribution in [0.25, 0.3) is 10.9 Å². The van der Waals surface area contributed by atoms with Crippen molar-refractivity contribution >= 4 is 34.8 Å². The number of benzene rings is 3. The number of nitrogens with one attached hydrogen (secondary N) is 3. The predicted molar refractivity (Wildman–Crippen MR) is 161 cm³/mol. The van der Waals surface area contributed by atoms with Crippen LogP contribution in [-0.2, 0) is 22.6 Å². The number of nitrogens with zero attached hydrogens (tertiary/aromatic N) is 2. The highest BCUT2D eigenvalue weighted by Crippen LogP contribution is 2.38. The first-order valence-corrected chi connectivity index (χ1v) is 13.6. The summed E-state index contributed by atoms with van der Waals surface area (Å²) in [6, 6.07) is 18.6. The van der Waals surface area contributed by atoms with Gasteiger partial charge in [-0.15, -0.1) is 0 Å². The molecule has 0 saturated heterocycles. The molecular formula is C31H33N5O7. The molecule has 12 nitrogen and oxygen atoms in total. The third kappa shape index (κ3) is 8.32. The Kier molecular flexibility index (Phi) is 10.3. The smallest absolute Gasteiger partial charge is 0.407 e. The van der Waals surface area contributed by atoms with Gasteiger partial charge in [0, 0.05) is 35.2 Å². The van der Waals surface area contributed by atoms with Crippen molar-refractivity contribution in [2.24, 2.45) is 11.0 Å². The number of aromatic nitrogens is 1. The van der Waals surface area contributed by atoms with Crippen molar-refractivity contribution in [2.45, 2.75) is 32.9 Å². The van der Waals surface area contributed by atoms with Crippen molar-refractivity contribution < 1.29 is 28.7 Å². The number of ether oxygens (including phenoxy) is 3. The highest BCUT2D eigenvalue weighted by atomic mass is 16.6. The first-order valence-electron chi connectivity index (χ1n) is 13.6. The second-order valence-electron chi connectivity index (χ2n) is 10.1. The normalized spacial score (nSPS) is 11.8. The minimum absolute atomic E-state index is 0.0274. The number of aromatic amines is 1. The molecule has 3 N–H and O–H groups in total. The quantitative estimate of drug-likeness (QED) is 0.111. The van der Waals surface area contributed by atoms with Crippen LogP contribution in [0, 0.1) is 16.0 Å². The number of amides is 2. The minimum atomic E-state index is -1.02. The molecule has 2 amide bonds. The molecule has 0 radical (unpaired) electrons. The lowest BCUT2D eigenvalue weighted by Crippen LogP contribution is -2.47. The molecule has 0 aliphatic heterocycles. The van der Waals surface area contributed by atoms with Gasteiger partial charge < -0.3 is 24.5 Å². The van der Waals surface area contributed by atoms with Crippen LogP contribution < -0.4 is 20.2 Å². The van der Waals surface area contributed by atoms with Crippen molar-refractivity contribution in [2.75, 3.05) is 13.7 Å². The topological polar surface area (TPSA) is 157 Å². The lowest BCUT2D eigenvalue weighted by atomic mass is 10.0. The van der Waals surface area contributed by atoms with Gasteiger partial charge in [0.15, 0.2) is 5.75 Å². The van der Waals surface area contributed by atoms with E-state index in [1.165, 1.54) is 25.5 Å². The summed E-state index contributed by atoms with van der Waals surface area (Å²) in [5, 5.41) is 19.4. The highest BCUT2D eigenvalue weighted by Gasteiger charge is 2.24. The van der Waals surface area contributed by atoms with Crippen molar-refractivity contribution in [3.63, 3.8) is 0 Å². The molecule has 0 fully saturated rings. The number of hydrogen-bond donors (Lipinski definition) is 3. The second-order valence-corrected chi connectivity index (χ2v) is 10.1. The van der Waals surface area contributed by atoms with E-state index in [1.807, 2.05) is 68.4 Å². The molecule has 1 unspecified atom stereocenters. The van der Waals surface area contributed by atoms with Crippen LogP contribution in [-0.4, -0.2) is 47.9 Å². The van der Waals surface area contributed by atoms with Crippen molar-refractivity contribution in [3.05, 3.63) is 99.7 Å². The third-order valence-electron chi connectivity index (χ3n) is 6.34. The molecule has 4 rings (SSSR count). The predicted octanol–water partition coefficient (Wildman–Crippen LogP) is 5.11. The average Bonchev–Trinajstić information content (AvgIpc) is 3.41. The Morgan fingerprint density at radius 3 is 2.56 bits per heavy atom. The maximum atomic E-state index is 13.2. The summed E-state index contributed by atoms with van der Waals surface area (Å²) in [5.74, 6) is -0.384. The summed E-state index contributed by atoms with van der Waals surface area (Å²) in [6.07, 6.45) is 2.45. The standard InChI is InChI=1S/C31H33N5O7/c1-20(2)18-43-31(38)34-26(15-23-17-32-25-12-8-7-11-24(23)25)30(37)35-33-16-22-13-27(36(39)40)29(28(14-22)41-3)42-19-21-9-5-4-6-10-21/h4-14,16-17,20,26,32H,15,18-19H2,1-3H3,(H,34,38)(H,35,37). The van der Waals surface area contributed by atoms with Crippen LogP contribution in [0.2, 0.25) is 0 Å². The molecule has 0 aliphatic rings. The molecule has 1 atom stereocenters. The Bertz CT molecular complexity index is 1600. The lowest BCUT2D eigenvalue weighted by Gasteiger charge is -2.17. The van der Waals surface area contributed by atoms with Crippen LogP contribution in [0.4, 0.5) is 10.5 Å². The van der Waals surface area contributed by atoms with E-state index in [4.69, 9.17) is 14.2 Å². The van der Waals surface area contributed by atoms with Gasteiger partial charge >= 0.3 is 11.8 Å². The first-order chi connectivity index (χ1) is 20.7. The van der Waals surface area contributed by atoms with E-state index in [-0.39, 0.29) is 48.3 Å². The Hall–Kier alpha value is -5.39. The fourth-order valence-corrected chi connectivity index (χ4v) is 4.25. The number of nitro benzene ring substituents is 1. The highest BCUT2D eigenvalue weighted by molar-refractivity contribution is 5.90.